The molecule has 0 saturated carbocycles. The maximum Gasteiger partial charge on any atom is 0.271 e. The lowest BCUT2D eigenvalue weighted by atomic mass is 10.2. The van der Waals surface area contributed by atoms with Gasteiger partial charge in [-0.15, -0.1) is 10.2 Å². The fourth-order valence-electron chi connectivity index (χ4n) is 2.47. The second-order valence-corrected chi connectivity index (χ2v) is 5.09. The number of piperazine rings is 1. The Balaban J connectivity index is 2.01. The van der Waals surface area contributed by atoms with Gasteiger partial charge in [0, 0.05) is 38.3 Å². The maximum absolute atomic E-state index is 11.0. The normalized spacial score (nSPS) is 16.1. The zero-order valence-electron chi connectivity index (χ0n) is 11.7. The summed E-state index contributed by atoms with van der Waals surface area (Å²) >= 11 is 0. The molecule has 8 nitrogen and oxygen atoms in total. The molecule has 0 radical (unpaired) electrons. The first-order valence-electron chi connectivity index (χ1n) is 6.72. The molecule has 21 heavy (non-hydrogen) atoms. The number of rotatable bonds is 3. The highest BCUT2D eigenvalue weighted by Crippen LogP contribution is 2.29. The Morgan fingerprint density at radius 3 is 2.38 bits per heavy atom. The number of nitrogens with zero attached hydrogens (tertiary/aromatic N) is 6. The molecule has 0 atom stereocenters. The van der Waals surface area contributed by atoms with Gasteiger partial charge in [-0.05, 0) is 13.1 Å². The Morgan fingerprint density at radius 2 is 1.76 bits per heavy atom. The molecule has 0 bridgehead atoms. The number of benzene rings is 1. The summed E-state index contributed by atoms with van der Waals surface area (Å²) in [5, 5.41) is 18.6. The van der Waals surface area contributed by atoms with E-state index in [1.165, 1.54) is 0 Å². The van der Waals surface area contributed by atoms with E-state index in [-0.39, 0.29) is 10.6 Å². The minimum atomic E-state index is -0.387. The van der Waals surface area contributed by atoms with E-state index in [9.17, 15) is 10.1 Å². The van der Waals surface area contributed by atoms with Crippen LogP contribution in [0.15, 0.2) is 30.9 Å². The number of nitro benzene ring substituents is 1. The van der Waals surface area contributed by atoms with Crippen LogP contribution in [0.4, 0.5) is 11.4 Å². The predicted octanol–water partition coefficient (Wildman–Crippen LogP) is 0.927. The number of hydrogen-bond donors (Lipinski definition) is 0. The monoisotopic (exact) mass is 288 g/mol. The third-order valence-electron chi connectivity index (χ3n) is 3.71. The summed E-state index contributed by atoms with van der Waals surface area (Å²) in [4.78, 5) is 15.1. The van der Waals surface area contributed by atoms with Crippen molar-refractivity contribution < 1.29 is 4.92 Å². The molecular weight excluding hydrogens is 272 g/mol. The molecule has 2 aromatic rings. The summed E-state index contributed by atoms with van der Waals surface area (Å²) < 4.78 is 1.71. The molecule has 0 amide bonds. The molecule has 1 aromatic carbocycles. The van der Waals surface area contributed by atoms with Crippen LogP contribution in [0.25, 0.3) is 5.69 Å². The van der Waals surface area contributed by atoms with Crippen molar-refractivity contribution in [1.29, 1.82) is 0 Å². The Hall–Kier alpha value is -2.48. The van der Waals surface area contributed by atoms with Crippen molar-refractivity contribution in [3.63, 3.8) is 0 Å². The van der Waals surface area contributed by atoms with E-state index < -0.39 is 0 Å². The molecule has 0 unspecified atom stereocenters. The van der Waals surface area contributed by atoms with E-state index >= 15 is 0 Å². The van der Waals surface area contributed by atoms with Crippen LogP contribution in [0, 0.1) is 10.1 Å². The van der Waals surface area contributed by atoms with Gasteiger partial charge in [0.25, 0.3) is 5.69 Å². The first-order valence-corrected chi connectivity index (χ1v) is 6.72. The molecule has 1 saturated heterocycles. The number of non-ortho nitro benzene ring substituents is 1. The second-order valence-electron chi connectivity index (χ2n) is 5.09. The molecule has 0 spiro atoms. The summed E-state index contributed by atoms with van der Waals surface area (Å²) in [5.41, 5.74) is 1.77. The van der Waals surface area contributed by atoms with E-state index in [4.69, 9.17) is 0 Å². The summed E-state index contributed by atoms with van der Waals surface area (Å²) in [7, 11) is 2.09. The van der Waals surface area contributed by atoms with Crippen molar-refractivity contribution in [2.75, 3.05) is 38.1 Å². The molecule has 1 aliphatic heterocycles. The van der Waals surface area contributed by atoms with Crippen LogP contribution >= 0.6 is 0 Å². The number of aromatic nitrogens is 3. The molecule has 110 valence electrons. The lowest BCUT2D eigenvalue weighted by Crippen LogP contribution is -2.44. The van der Waals surface area contributed by atoms with Gasteiger partial charge >= 0.3 is 0 Å². The highest BCUT2D eigenvalue weighted by Gasteiger charge is 2.20. The van der Waals surface area contributed by atoms with E-state index in [0.717, 1.165) is 37.6 Å². The SMILES string of the molecule is CN1CCN(c2ccc([N+](=O)[O-])cc2-n2cnnc2)CC1. The quantitative estimate of drug-likeness (QED) is 0.617. The minimum absolute atomic E-state index is 0.0663. The molecule has 2 heterocycles. The van der Waals surface area contributed by atoms with Gasteiger partial charge in [-0.25, -0.2) is 0 Å². The number of hydrogen-bond acceptors (Lipinski definition) is 6. The van der Waals surface area contributed by atoms with Crippen LogP contribution < -0.4 is 4.90 Å². The third kappa shape index (κ3) is 2.70. The largest absolute Gasteiger partial charge is 0.367 e. The van der Waals surface area contributed by atoms with Crippen molar-refractivity contribution in [2.45, 2.75) is 0 Å². The Morgan fingerprint density at radius 1 is 1.10 bits per heavy atom. The molecule has 0 N–H and O–H groups in total. The molecule has 1 fully saturated rings. The van der Waals surface area contributed by atoms with Gasteiger partial charge in [0.2, 0.25) is 0 Å². The summed E-state index contributed by atoms with van der Waals surface area (Å²) in [6.07, 6.45) is 3.11. The number of likely N-dealkylation sites (N-methyl/N-ethyl adjacent to an activating group) is 1. The van der Waals surface area contributed by atoms with Crippen LogP contribution in [-0.2, 0) is 0 Å². The molecule has 0 aliphatic carbocycles. The highest BCUT2D eigenvalue weighted by atomic mass is 16.6. The van der Waals surface area contributed by atoms with Crippen LogP contribution in [0.3, 0.4) is 0 Å². The third-order valence-corrected chi connectivity index (χ3v) is 3.71. The van der Waals surface area contributed by atoms with Crippen molar-refractivity contribution in [1.82, 2.24) is 19.7 Å². The fourth-order valence-corrected chi connectivity index (χ4v) is 2.47. The van der Waals surface area contributed by atoms with Crippen LogP contribution in [0.2, 0.25) is 0 Å². The summed E-state index contributed by atoms with van der Waals surface area (Å²) in [6.45, 7) is 3.73. The Bertz CT molecular complexity index is 634. The molecule has 1 aromatic heterocycles. The van der Waals surface area contributed by atoms with Crippen molar-refractivity contribution >= 4 is 11.4 Å². The maximum atomic E-state index is 11.0. The predicted molar refractivity (Wildman–Crippen MR) is 77.7 cm³/mol. The van der Waals surface area contributed by atoms with Crippen molar-refractivity contribution in [3.8, 4) is 5.69 Å². The van der Waals surface area contributed by atoms with Crippen LogP contribution in [0.1, 0.15) is 0 Å². The van der Waals surface area contributed by atoms with Gasteiger partial charge in [-0.2, -0.15) is 0 Å². The van der Waals surface area contributed by atoms with Gasteiger partial charge in [0.15, 0.2) is 0 Å². The van der Waals surface area contributed by atoms with Gasteiger partial charge in [0.1, 0.15) is 12.7 Å². The standard InChI is InChI=1S/C13H16N6O2/c1-16-4-6-17(7-5-16)12-3-2-11(19(20)21)8-13(12)18-9-14-15-10-18/h2-3,8-10H,4-7H2,1H3. The average molecular weight is 288 g/mol. The summed E-state index contributed by atoms with van der Waals surface area (Å²) in [6, 6.07) is 4.91. The second kappa shape index (κ2) is 5.49. The zero-order chi connectivity index (χ0) is 14.8. The van der Waals surface area contributed by atoms with Gasteiger partial charge in [0.05, 0.1) is 16.3 Å². The van der Waals surface area contributed by atoms with Gasteiger partial charge in [-0.3, -0.25) is 14.7 Å². The molecular formula is C13H16N6O2. The van der Waals surface area contributed by atoms with Gasteiger partial charge in [-0.1, -0.05) is 0 Å². The highest BCUT2D eigenvalue weighted by molar-refractivity contribution is 5.66. The van der Waals surface area contributed by atoms with Crippen LogP contribution in [0.5, 0.6) is 0 Å². The van der Waals surface area contributed by atoms with Crippen molar-refractivity contribution in [2.24, 2.45) is 0 Å². The van der Waals surface area contributed by atoms with E-state index in [1.807, 2.05) is 0 Å². The van der Waals surface area contributed by atoms with Crippen molar-refractivity contribution in [3.05, 3.63) is 41.0 Å². The Labute approximate surface area is 121 Å². The zero-order valence-corrected chi connectivity index (χ0v) is 11.7. The fraction of sp³-hybridized carbons (Fsp3) is 0.385. The first-order chi connectivity index (χ1) is 10.1. The lowest BCUT2D eigenvalue weighted by molar-refractivity contribution is -0.384. The topological polar surface area (TPSA) is 80.3 Å². The average Bonchev–Trinajstić information content (AvgIpc) is 3.01. The van der Waals surface area contributed by atoms with Crippen LogP contribution in [-0.4, -0.2) is 57.8 Å². The number of anilines is 1. The first kappa shape index (κ1) is 13.5. The van der Waals surface area contributed by atoms with E-state index in [2.05, 4.69) is 27.0 Å². The van der Waals surface area contributed by atoms with Gasteiger partial charge < -0.3 is 9.80 Å². The molecule has 3 rings (SSSR count). The number of nitro groups is 1. The minimum Gasteiger partial charge on any atom is -0.367 e. The molecule has 1 aliphatic rings. The Kier molecular flexibility index (Phi) is 3.53. The lowest BCUT2D eigenvalue weighted by Gasteiger charge is -2.35. The van der Waals surface area contributed by atoms with E-state index in [1.54, 1.807) is 35.4 Å². The van der Waals surface area contributed by atoms with E-state index in [0.29, 0.717) is 0 Å². The molecule has 8 heteroatoms. The smallest absolute Gasteiger partial charge is 0.271 e. The summed E-state index contributed by atoms with van der Waals surface area (Å²) in [5.74, 6) is 0.